The molecule has 51 heavy (non-hydrogen) atoms. The van der Waals surface area contributed by atoms with Gasteiger partial charge >= 0.3 is 0 Å². The Labute approximate surface area is 295 Å². The molecule has 0 N–H and O–H groups in total. The van der Waals surface area contributed by atoms with Crippen molar-refractivity contribution in [1.29, 1.82) is 15.8 Å². The van der Waals surface area contributed by atoms with Crippen LogP contribution in [0.2, 0.25) is 0 Å². The zero-order chi connectivity index (χ0) is 34.7. The zero-order valence-corrected chi connectivity index (χ0v) is 27.8. The van der Waals surface area contributed by atoms with E-state index in [9.17, 15) is 15.8 Å². The van der Waals surface area contributed by atoms with Gasteiger partial charge in [0.1, 0.15) is 0 Å². The lowest BCUT2D eigenvalue weighted by molar-refractivity contribution is 0.562. The third-order valence-electron chi connectivity index (χ3n) is 10.2. The Hall–Kier alpha value is -7.13. The van der Waals surface area contributed by atoms with Gasteiger partial charge in [0, 0.05) is 33.1 Å². The van der Waals surface area contributed by atoms with Crippen LogP contribution < -0.4 is 0 Å². The standard InChI is InChI=1S/C46H29N5/c1-46(29-49)22-21-44-40(26-46)39-23-30(27-47)14-20-43(39)50(44)35-8-6-7-34(25-35)32-15-17-33(18-16-32)36-19-13-31(28-48)24-45(36)51-41-11-4-2-9-37(41)38-10-3-5-12-42(38)51/h2-25H,26H2,1H3. The molecule has 6 aromatic carbocycles. The summed E-state index contributed by atoms with van der Waals surface area (Å²) < 4.78 is 4.51. The minimum atomic E-state index is -0.602. The van der Waals surface area contributed by atoms with Crippen molar-refractivity contribution in [2.45, 2.75) is 13.3 Å². The maximum absolute atomic E-state index is 9.92. The van der Waals surface area contributed by atoms with Gasteiger partial charge in [0.05, 0.1) is 57.0 Å². The molecule has 0 saturated carbocycles. The van der Waals surface area contributed by atoms with Gasteiger partial charge in [0.25, 0.3) is 0 Å². The summed E-state index contributed by atoms with van der Waals surface area (Å²) in [5, 5.41) is 32.8. The van der Waals surface area contributed by atoms with Crippen molar-refractivity contribution in [3.63, 3.8) is 0 Å². The maximum Gasteiger partial charge on any atom is 0.0992 e. The average Bonchev–Trinajstić information content (AvgIpc) is 3.69. The van der Waals surface area contributed by atoms with Gasteiger partial charge in [-0.25, -0.2) is 0 Å². The first-order valence-corrected chi connectivity index (χ1v) is 16.9. The van der Waals surface area contributed by atoms with Crippen LogP contribution in [0, 0.1) is 39.4 Å². The number of fused-ring (bicyclic) bond motifs is 6. The number of hydrogen-bond acceptors (Lipinski definition) is 3. The van der Waals surface area contributed by atoms with Gasteiger partial charge in [-0.15, -0.1) is 0 Å². The number of para-hydroxylation sites is 2. The van der Waals surface area contributed by atoms with Crippen LogP contribution in [0.4, 0.5) is 0 Å². The Balaban J connectivity index is 1.15. The molecule has 0 saturated heterocycles. The molecule has 2 aromatic heterocycles. The third-order valence-corrected chi connectivity index (χ3v) is 10.2. The molecule has 0 bridgehead atoms. The van der Waals surface area contributed by atoms with Gasteiger partial charge in [-0.3, -0.25) is 0 Å². The molecule has 1 aliphatic rings. The molecule has 1 atom stereocenters. The second-order valence-corrected chi connectivity index (χ2v) is 13.4. The third kappa shape index (κ3) is 4.74. The first-order chi connectivity index (χ1) is 25.0. The van der Waals surface area contributed by atoms with E-state index in [1.54, 1.807) is 0 Å². The number of rotatable bonds is 4. The van der Waals surface area contributed by atoms with Gasteiger partial charge in [-0.2, -0.15) is 15.8 Å². The van der Waals surface area contributed by atoms with Crippen LogP contribution in [0.25, 0.3) is 72.4 Å². The Morgan fingerprint density at radius 1 is 0.569 bits per heavy atom. The smallest absolute Gasteiger partial charge is 0.0992 e. The Morgan fingerprint density at radius 3 is 1.92 bits per heavy atom. The van der Waals surface area contributed by atoms with Crippen LogP contribution in [0.5, 0.6) is 0 Å². The predicted molar refractivity (Wildman–Crippen MR) is 204 cm³/mol. The number of nitrogens with zero attached hydrogens (tertiary/aromatic N) is 5. The summed E-state index contributed by atoms with van der Waals surface area (Å²) in [4.78, 5) is 0. The highest BCUT2D eigenvalue weighted by Gasteiger charge is 2.30. The molecule has 0 aliphatic heterocycles. The van der Waals surface area contributed by atoms with Gasteiger partial charge in [0.2, 0.25) is 0 Å². The number of allylic oxidation sites excluding steroid dienone is 1. The molecule has 9 rings (SSSR count). The number of hydrogen-bond donors (Lipinski definition) is 0. The van der Waals surface area contributed by atoms with Gasteiger partial charge in [0.15, 0.2) is 0 Å². The van der Waals surface area contributed by atoms with E-state index in [1.165, 1.54) is 10.8 Å². The number of aromatic nitrogens is 2. The molecule has 238 valence electrons. The summed E-state index contributed by atoms with van der Waals surface area (Å²) in [6.07, 6.45) is 4.64. The van der Waals surface area contributed by atoms with Crippen molar-refractivity contribution >= 4 is 38.8 Å². The molecular formula is C46H29N5. The lowest BCUT2D eigenvalue weighted by Gasteiger charge is -2.22. The molecule has 0 amide bonds. The van der Waals surface area contributed by atoms with Crippen molar-refractivity contribution in [2.75, 3.05) is 0 Å². The fraction of sp³-hybridized carbons (Fsp3) is 0.0652. The molecule has 0 spiro atoms. The summed E-state index contributed by atoms with van der Waals surface area (Å²) in [5.74, 6) is 0. The van der Waals surface area contributed by atoms with Crippen molar-refractivity contribution < 1.29 is 0 Å². The molecular weight excluding hydrogens is 623 g/mol. The fourth-order valence-corrected chi connectivity index (χ4v) is 7.73. The normalized spacial score (nSPS) is 15.0. The van der Waals surface area contributed by atoms with Crippen LogP contribution in [0.3, 0.4) is 0 Å². The van der Waals surface area contributed by atoms with Gasteiger partial charge < -0.3 is 9.13 Å². The molecule has 1 aliphatic carbocycles. The first-order valence-electron chi connectivity index (χ1n) is 16.9. The minimum Gasteiger partial charge on any atom is -0.310 e. The van der Waals surface area contributed by atoms with Crippen LogP contribution in [-0.2, 0) is 6.42 Å². The van der Waals surface area contributed by atoms with E-state index in [0.717, 1.165) is 66.8 Å². The van der Waals surface area contributed by atoms with Gasteiger partial charge in [-0.05, 0) is 96.3 Å². The minimum absolute atomic E-state index is 0.584. The van der Waals surface area contributed by atoms with E-state index in [4.69, 9.17) is 0 Å². The Bertz CT molecular complexity index is 2830. The second-order valence-electron chi connectivity index (χ2n) is 13.4. The van der Waals surface area contributed by atoms with E-state index >= 15 is 0 Å². The fourth-order valence-electron chi connectivity index (χ4n) is 7.73. The number of benzene rings is 6. The monoisotopic (exact) mass is 651 g/mol. The van der Waals surface area contributed by atoms with E-state index in [-0.39, 0.29) is 0 Å². The quantitative estimate of drug-likeness (QED) is 0.190. The molecule has 0 fully saturated rings. The van der Waals surface area contributed by atoms with Crippen molar-refractivity contribution in [2.24, 2.45) is 5.41 Å². The maximum atomic E-state index is 9.92. The van der Waals surface area contributed by atoms with E-state index in [1.807, 2.05) is 43.3 Å². The summed E-state index contributed by atoms with van der Waals surface area (Å²) >= 11 is 0. The molecule has 5 nitrogen and oxygen atoms in total. The van der Waals surface area contributed by atoms with Crippen LogP contribution in [-0.4, -0.2) is 9.13 Å². The van der Waals surface area contributed by atoms with Crippen LogP contribution >= 0.6 is 0 Å². The lowest BCUT2D eigenvalue weighted by Crippen LogP contribution is -2.18. The molecule has 1 unspecified atom stereocenters. The predicted octanol–water partition coefficient (Wildman–Crippen LogP) is 10.9. The second kappa shape index (κ2) is 11.5. The largest absolute Gasteiger partial charge is 0.310 e. The summed E-state index contributed by atoms with van der Waals surface area (Å²) in [7, 11) is 0. The number of nitriles is 3. The highest BCUT2D eigenvalue weighted by Crippen LogP contribution is 2.41. The van der Waals surface area contributed by atoms with E-state index < -0.39 is 5.41 Å². The Morgan fingerprint density at radius 2 is 1.22 bits per heavy atom. The topological polar surface area (TPSA) is 81.2 Å². The van der Waals surface area contributed by atoms with E-state index in [2.05, 4.69) is 137 Å². The first kappa shape index (κ1) is 30.0. The van der Waals surface area contributed by atoms with Crippen LogP contribution in [0.15, 0.2) is 140 Å². The molecule has 2 heterocycles. The van der Waals surface area contributed by atoms with Gasteiger partial charge in [-0.1, -0.05) is 84.9 Å². The summed E-state index contributed by atoms with van der Waals surface area (Å²) in [6, 6.07) is 52.8. The van der Waals surface area contributed by atoms with Crippen molar-refractivity contribution in [3.8, 4) is 51.8 Å². The zero-order valence-electron chi connectivity index (χ0n) is 27.8. The average molecular weight is 652 g/mol. The molecule has 8 aromatic rings. The Kier molecular flexibility index (Phi) is 6.75. The van der Waals surface area contributed by atoms with Crippen molar-refractivity contribution in [1.82, 2.24) is 9.13 Å². The molecule has 5 heteroatoms. The highest BCUT2D eigenvalue weighted by atomic mass is 15.0. The van der Waals surface area contributed by atoms with Crippen molar-refractivity contribution in [3.05, 3.63) is 162 Å². The SMILES string of the molecule is CC1(C#N)C=Cc2c(c3cc(C#N)ccc3n2-c2cccc(-c3ccc(-c4ccc(C#N)cc4-n4c5ccccc5c5ccccc54)cc3)c2)C1. The highest BCUT2D eigenvalue weighted by molar-refractivity contribution is 6.09. The summed E-state index contributed by atoms with van der Waals surface area (Å²) in [6.45, 7) is 1.96. The molecule has 0 radical (unpaired) electrons. The lowest BCUT2D eigenvalue weighted by atomic mass is 9.80. The van der Waals surface area contributed by atoms with E-state index in [0.29, 0.717) is 17.5 Å². The summed E-state index contributed by atoms with van der Waals surface area (Å²) in [5.41, 5.74) is 12.2. The van der Waals surface area contributed by atoms with Crippen LogP contribution in [0.1, 0.15) is 29.3 Å².